The van der Waals surface area contributed by atoms with E-state index >= 15 is 0 Å². The molecule has 0 saturated heterocycles. The Hall–Kier alpha value is -1.98. The molecule has 0 spiro atoms. The fourth-order valence-corrected chi connectivity index (χ4v) is 0.621. The van der Waals surface area contributed by atoms with Crippen molar-refractivity contribution in [1.29, 1.82) is 0 Å². The Morgan fingerprint density at radius 1 is 1.58 bits per heavy atom. The lowest BCUT2D eigenvalue weighted by Gasteiger charge is -1.91. The van der Waals surface area contributed by atoms with Crippen molar-refractivity contribution in [3.8, 4) is 0 Å². The highest BCUT2D eigenvalue weighted by molar-refractivity contribution is 5.87. The summed E-state index contributed by atoms with van der Waals surface area (Å²) in [5.41, 5.74) is -0.0689. The zero-order chi connectivity index (χ0) is 9.14. The summed E-state index contributed by atoms with van der Waals surface area (Å²) in [6.07, 6.45) is 0.945. The second-order valence-electron chi connectivity index (χ2n) is 1.97. The molecule has 0 radical (unpaired) electrons. The second-order valence-corrected chi connectivity index (χ2v) is 1.97. The van der Waals surface area contributed by atoms with Crippen molar-refractivity contribution in [2.24, 2.45) is 0 Å². The van der Waals surface area contributed by atoms with Gasteiger partial charge in [-0.15, -0.1) is 0 Å². The molecule has 0 aliphatic rings. The van der Waals surface area contributed by atoms with Crippen LogP contribution in [-0.2, 0) is 0 Å². The quantitative estimate of drug-likeness (QED) is 0.517. The van der Waals surface area contributed by atoms with Gasteiger partial charge < -0.3 is 15.2 Å². The third kappa shape index (κ3) is 1.54. The van der Waals surface area contributed by atoms with Crippen LogP contribution in [0.3, 0.4) is 0 Å². The summed E-state index contributed by atoms with van der Waals surface area (Å²) in [6.45, 7) is 0. The van der Waals surface area contributed by atoms with E-state index in [4.69, 9.17) is 5.11 Å². The van der Waals surface area contributed by atoms with Crippen LogP contribution in [0.4, 0.5) is 5.82 Å². The molecule has 12 heavy (non-hydrogen) atoms. The van der Waals surface area contributed by atoms with Crippen molar-refractivity contribution in [2.45, 2.75) is 0 Å². The van der Waals surface area contributed by atoms with Crippen molar-refractivity contribution in [3.05, 3.63) is 34.0 Å². The molecule has 0 aliphatic carbocycles. The molecular weight excluding hydrogens is 164 g/mol. The first-order valence-corrected chi connectivity index (χ1v) is 2.95. The van der Waals surface area contributed by atoms with Crippen LogP contribution in [0.2, 0.25) is 0 Å². The molecular formula is C6H4N2O4. The van der Waals surface area contributed by atoms with Gasteiger partial charge in [0.15, 0.2) is 6.20 Å². The minimum atomic E-state index is -1.16. The standard InChI is InChI=1S/C6H4N2O4/c9-6(10)4-1-2-5(7-3-4)8(11)12/h1-3H,(H,9,10). The number of pyridine rings is 1. The van der Waals surface area contributed by atoms with E-state index in [9.17, 15) is 14.9 Å². The Morgan fingerprint density at radius 3 is 2.58 bits per heavy atom. The molecule has 0 atom stereocenters. The Labute approximate surface area is 66.6 Å². The van der Waals surface area contributed by atoms with Crippen molar-refractivity contribution < 1.29 is 14.8 Å². The summed E-state index contributed by atoms with van der Waals surface area (Å²) in [5.74, 6) is -1.52. The Bertz CT molecular complexity index is 286. The van der Waals surface area contributed by atoms with Crippen molar-refractivity contribution in [2.75, 3.05) is 0 Å². The van der Waals surface area contributed by atoms with E-state index in [0.717, 1.165) is 18.3 Å². The van der Waals surface area contributed by atoms with Crippen LogP contribution < -0.4 is 0 Å². The van der Waals surface area contributed by atoms with Gasteiger partial charge in [0.05, 0.1) is 0 Å². The summed E-state index contributed by atoms with van der Waals surface area (Å²) < 4.78 is 0. The van der Waals surface area contributed by atoms with Gasteiger partial charge in [-0.3, -0.25) is 0 Å². The largest absolute Gasteiger partial charge is 0.478 e. The predicted molar refractivity (Wildman–Crippen MR) is 37.9 cm³/mol. The smallest absolute Gasteiger partial charge is 0.363 e. The van der Waals surface area contributed by atoms with Gasteiger partial charge in [-0.25, -0.2) is 4.79 Å². The van der Waals surface area contributed by atoms with E-state index in [1.807, 2.05) is 0 Å². The molecule has 6 heteroatoms. The minimum absolute atomic E-state index is 0.0689. The average molecular weight is 168 g/mol. The first-order valence-electron chi connectivity index (χ1n) is 2.95. The third-order valence-electron chi connectivity index (χ3n) is 1.18. The number of carbonyl (C=O) groups is 1. The van der Waals surface area contributed by atoms with E-state index in [1.165, 1.54) is 0 Å². The van der Waals surface area contributed by atoms with Crippen LogP contribution in [0.1, 0.15) is 10.4 Å². The first-order chi connectivity index (χ1) is 5.61. The van der Waals surface area contributed by atoms with Crippen LogP contribution in [0.25, 0.3) is 0 Å². The molecule has 0 aromatic carbocycles. The third-order valence-corrected chi connectivity index (χ3v) is 1.18. The predicted octanol–water partition coefficient (Wildman–Crippen LogP) is 0.688. The maximum Gasteiger partial charge on any atom is 0.363 e. The van der Waals surface area contributed by atoms with Crippen LogP contribution in [0, 0.1) is 10.1 Å². The highest BCUT2D eigenvalue weighted by Crippen LogP contribution is 2.06. The fourth-order valence-electron chi connectivity index (χ4n) is 0.621. The number of hydrogen-bond acceptors (Lipinski definition) is 4. The normalized spacial score (nSPS) is 9.33. The molecule has 1 aromatic rings. The van der Waals surface area contributed by atoms with Crippen molar-refractivity contribution in [3.63, 3.8) is 0 Å². The van der Waals surface area contributed by atoms with Gasteiger partial charge >= 0.3 is 11.8 Å². The molecule has 1 rings (SSSR count). The van der Waals surface area contributed by atoms with E-state index in [-0.39, 0.29) is 11.4 Å². The van der Waals surface area contributed by atoms with Crippen LogP contribution in [0.15, 0.2) is 18.3 Å². The van der Waals surface area contributed by atoms with Crippen LogP contribution in [0.5, 0.6) is 0 Å². The summed E-state index contributed by atoms with van der Waals surface area (Å²) in [6, 6.07) is 2.18. The van der Waals surface area contributed by atoms with E-state index < -0.39 is 10.9 Å². The number of aromatic carboxylic acids is 1. The monoisotopic (exact) mass is 168 g/mol. The molecule has 0 aliphatic heterocycles. The van der Waals surface area contributed by atoms with Crippen LogP contribution >= 0.6 is 0 Å². The topological polar surface area (TPSA) is 93.3 Å². The number of rotatable bonds is 2. The summed E-state index contributed by atoms with van der Waals surface area (Å²) in [7, 11) is 0. The van der Waals surface area contributed by atoms with E-state index in [0.29, 0.717) is 0 Å². The average Bonchev–Trinajstić information content (AvgIpc) is 2.04. The molecule has 1 aromatic heterocycles. The number of carboxylic acid groups (broad SMARTS) is 1. The zero-order valence-electron chi connectivity index (χ0n) is 5.80. The van der Waals surface area contributed by atoms with Gasteiger partial charge in [0.2, 0.25) is 0 Å². The molecule has 1 N–H and O–H groups in total. The maximum absolute atomic E-state index is 10.3. The maximum atomic E-state index is 10.3. The molecule has 1 heterocycles. The SMILES string of the molecule is O=C(O)c1ccc([N+](=O)[O-])nc1. The first kappa shape index (κ1) is 8.12. The summed E-state index contributed by atoms with van der Waals surface area (Å²) >= 11 is 0. The van der Waals surface area contributed by atoms with E-state index in [1.54, 1.807) is 0 Å². The molecule has 0 bridgehead atoms. The summed E-state index contributed by atoms with van der Waals surface area (Å²) in [4.78, 5) is 23.0. The molecule has 0 fully saturated rings. The van der Waals surface area contributed by atoms with Gasteiger partial charge in [-0.1, -0.05) is 0 Å². The molecule has 6 nitrogen and oxygen atoms in total. The number of aromatic nitrogens is 1. The summed E-state index contributed by atoms with van der Waals surface area (Å²) in [5, 5.41) is 18.5. The lowest BCUT2D eigenvalue weighted by Crippen LogP contribution is -1.98. The Kier molecular flexibility index (Phi) is 2.00. The van der Waals surface area contributed by atoms with Gasteiger partial charge in [-0.05, 0) is 16.0 Å². The lowest BCUT2D eigenvalue weighted by molar-refractivity contribution is -0.389. The van der Waals surface area contributed by atoms with Gasteiger partial charge in [0.25, 0.3) is 0 Å². The number of nitro groups is 1. The van der Waals surface area contributed by atoms with E-state index in [2.05, 4.69) is 4.98 Å². The van der Waals surface area contributed by atoms with Gasteiger partial charge in [-0.2, -0.15) is 0 Å². The number of carboxylic acids is 1. The van der Waals surface area contributed by atoms with Crippen molar-refractivity contribution in [1.82, 2.24) is 4.98 Å². The highest BCUT2D eigenvalue weighted by atomic mass is 16.6. The zero-order valence-corrected chi connectivity index (χ0v) is 5.80. The molecule has 0 amide bonds. The fraction of sp³-hybridized carbons (Fsp3) is 0. The molecule has 0 saturated carbocycles. The Balaban J connectivity index is 3.01. The lowest BCUT2D eigenvalue weighted by atomic mass is 10.3. The Morgan fingerprint density at radius 2 is 2.25 bits per heavy atom. The minimum Gasteiger partial charge on any atom is -0.478 e. The second kappa shape index (κ2) is 2.95. The van der Waals surface area contributed by atoms with Crippen molar-refractivity contribution >= 4 is 11.8 Å². The number of hydrogen-bond donors (Lipinski definition) is 1. The molecule has 0 unspecified atom stereocenters. The molecule has 62 valence electrons. The van der Waals surface area contributed by atoms with Gasteiger partial charge in [0, 0.05) is 6.07 Å². The highest BCUT2D eigenvalue weighted by Gasteiger charge is 2.09. The number of nitrogens with zero attached hydrogens (tertiary/aromatic N) is 2. The van der Waals surface area contributed by atoms with Crippen LogP contribution in [-0.4, -0.2) is 21.0 Å². The van der Waals surface area contributed by atoms with Gasteiger partial charge in [0.1, 0.15) is 5.56 Å².